The van der Waals surface area contributed by atoms with Gasteiger partial charge in [-0.1, -0.05) is 16.8 Å². The second-order valence-corrected chi connectivity index (χ2v) is 5.89. The largest absolute Gasteiger partial charge is 0.389 e. The van der Waals surface area contributed by atoms with E-state index in [0.717, 1.165) is 17.9 Å². The quantitative estimate of drug-likeness (QED) is 0.914. The van der Waals surface area contributed by atoms with E-state index in [1.165, 1.54) is 0 Å². The molecule has 0 amide bonds. The molecule has 0 radical (unpaired) electrons. The number of hydrogen-bond acceptors (Lipinski definition) is 6. The highest BCUT2D eigenvalue weighted by Gasteiger charge is 2.23. The highest BCUT2D eigenvalue weighted by Crippen LogP contribution is 2.29. The van der Waals surface area contributed by atoms with Gasteiger partial charge in [-0.3, -0.25) is 9.58 Å². The summed E-state index contributed by atoms with van der Waals surface area (Å²) in [6, 6.07) is 1.84. The third-order valence-electron chi connectivity index (χ3n) is 3.65. The lowest BCUT2D eigenvalue weighted by Gasteiger charge is -2.20. The number of β-amino-alcohol motifs (C(OH)–C–C–N with tert-alkyl or cyclic N) is 1. The van der Waals surface area contributed by atoms with Gasteiger partial charge in [0.1, 0.15) is 22.3 Å². The summed E-state index contributed by atoms with van der Waals surface area (Å²) in [5.74, 6) is 0.723. The molecular formula is C14H19ClN4O3. The Morgan fingerprint density at radius 1 is 1.50 bits per heavy atom. The van der Waals surface area contributed by atoms with Gasteiger partial charge in [0.25, 0.3) is 0 Å². The van der Waals surface area contributed by atoms with Crippen LogP contribution in [0.3, 0.4) is 0 Å². The summed E-state index contributed by atoms with van der Waals surface area (Å²) < 4.78 is 12.1. The highest BCUT2D eigenvalue weighted by molar-refractivity contribution is 6.30. The Morgan fingerprint density at radius 3 is 3.05 bits per heavy atom. The van der Waals surface area contributed by atoms with Crippen molar-refractivity contribution in [3.8, 4) is 11.4 Å². The van der Waals surface area contributed by atoms with E-state index in [0.29, 0.717) is 42.8 Å². The van der Waals surface area contributed by atoms with Gasteiger partial charge in [-0.25, -0.2) is 0 Å². The predicted octanol–water partition coefficient (Wildman–Crippen LogP) is 1.23. The average Bonchev–Trinajstić information content (AvgIpc) is 2.93. The standard InChI is InChI=1S/C14H19ClN4O3/c1-9-5-12(17-22-9)13-11(14(15)18(2)16-13)7-19-3-4-21-8-10(20)6-19/h5,10,20H,3-4,6-8H2,1-2H3/t10-/m0/s1. The molecule has 1 aliphatic rings. The number of aliphatic hydroxyl groups excluding tert-OH is 1. The zero-order valence-corrected chi connectivity index (χ0v) is 13.4. The first-order chi connectivity index (χ1) is 10.5. The summed E-state index contributed by atoms with van der Waals surface area (Å²) >= 11 is 6.39. The summed E-state index contributed by atoms with van der Waals surface area (Å²) in [4.78, 5) is 2.11. The maximum Gasteiger partial charge on any atom is 0.134 e. The Bertz CT molecular complexity index is 655. The molecule has 0 unspecified atom stereocenters. The van der Waals surface area contributed by atoms with Crippen molar-refractivity contribution < 1.29 is 14.4 Å². The topological polar surface area (TPSA) is 76.6 Å². The maximum absolute atomic E-state index is 9.85. The van der Waals surface area contributed by atoms with E-state index in [1.54, 1.807) is 11.7 Å². The molecule has 1 saturated heterocycles. The van der Waals surface area contributed by atoms with Crippen molar-refractivity contribution in [1.29, 1.82) is 0 Å². The molecule has 0 bridgehead atoms. The van der Waals surface area contributed by atoms with E-state index >= 15 is 0 Å². The van der Waals surface area contributed by atoms with Gasteiger partial charge in [-0.15, -0.1) is 0 Å². The number of halogens is 1. The molecule has 1 N–H and O–H groups in total. The number of nitrogens with zero attached hydrogens (tertiary/aromatic N) is 4. The molecule has 3 heterocycles. The van der Waals surface area contributed by atoms with Gasteiger partial charge in [0.2, 0.25) is 0 Å². The lowest BCUT2D eigenvalue weighted by molar-refractivity contribution is 0.0562. The summed E-state index contributed by atoms with van der Waals surface area (Å²) in [5, 5.41) is 18.9. The Kier molecular flexibility index (Phi) is 4.49. The number of ether oxygens (including phenoxy) is 1. The third kappa shape index (κ3) is 3.17. The normalized spacial score (nSPS) is 20.3. The van der Waals surface area contributed by atoms with Gasteiger partial charge in [-0.2, -0.15) is 5.10 Å². The van der Waals surface area contributed by atoms with Crippen LogP contribution in [0.15, 0.2) is 10.6 Å². The Hall–Kier alpha value is -1.41. The van der Waals surface area contributed by atoms with E-state index in [9.17, 15) is 5.11 Å². The molecule has 0 spiro atoms. The number of aryl methyl sites for hydroxylation is 2. The molecule has 1 atom stereocenters. The van der Waals surface area contributed by atoms with Crippen LogP contribution in [0.4, 0.5) is 0 Å². The van der Waals surface area contributed by atoms with Crippen LogP contribution >= 0.6 is 11.6 Å². The lowest BCUT2D eigenvalue weighted by Crippen LogP contribution is -2.32. The smallest absolute Gasteiger partial charge is 0.134 e. The molecule has 0 aromatic carbocycles. The van der Waals surface area contributed by atoms with Gasteiger partial charge in [0.15, 0.2) is 0 Å². The molecule has 1 fully saturated rings. The number of aromatic nitrogens is 3. The minimum absolute atomic E-state index is 0.368. The van der Waals surface area contributed by atoms with Crippen molar-refractivity contribution >= 4 is 11.6 Å². The van der Waals surface area contributed by atoms with E-state index in [4.69, 9.17) is 20.9 Å². The van der Waals surface area contributed by atoms with Crippen molar-refractivity contribution in [2.75, 3.05) is 26.3 Å². The van der Waals surface area contributed by atoms with Crippen LogP contribution in [-0.2, 0) is 18.3 Å². The van der Waals surface area contributed by atoms with Crippen molar-refractivity contribution in [2.24, 2.45) is 7.05 Å². The van der Waals surface area contributed by atoms with Crippen molar-refractivity contribution in [2.45, 2.75) is 19.6 Å². The van der Waals surface area contributed by atoms with Crippen LogP contribution < -0.4 is 0 Å². The summed E-state index contributed by atoms with van der Waals surface area (Å²) in [6.45, 7) is 4.65. The fourth-order valence-electron chi connectivity index (χ4n) is 2.59. The fourth-order valence-corrected chi connectivity index (χ4v) is 2.78. The van der Waals surface area contributed by atoms with Crippen LogP contribution in [0.5, 0.6) is 0 Å². The molecule has 7 nitrogen and oxygen atoms in total. The predicted molar refractivity (Wildman–Crippen MR) is 80.6 cm³/mol. The molecule has 2 aromatic rings. The Labute approximate surface area is 133 Å². The van der Waals surface area contributed by atoms with Crippen molar-refractivity contribution in [1.82, 2.24) is 19.8 Å². The highest BCUT2D eigenvalue weighted by atomic mass is 35.5. The summed E-state index contributed by atoms with van der Waals surface area (Å²) in [5.41, 5.74) is 2.26. The second-order valence-electron chi connectivity index (χ2n) is 5.53. The van der Waals surface area contributed by atoms with Gasteiger partial charge < -0.3 is 14.4 Å². The van der Waals surface area contributed by atoms with Crippen molar-refractivity contribution in [3.63, 3.8) is 0 Å². The van der Waals surface area contributed by atoms with E-state index in [1.807, 2.05) is 13.0 Å². The fraction of sp³-hybridized carbons (Fsp3) is 0.571. The monoisotopic (exact) mass is 326 g/mol. The molecule has 120 valence electrons. The average molecular weight is 327 g/mol. The van der Waals surface area contributed by atoms with Crippen molar-refractivity contribution in [3.05, 3.63) is 22.5 Å². The van der Waals surface area contributed by atoms with Crippen LogP contribution in [-0.4, -0.2) is 57.4 Å². The molecule has 22 heavy (non-hydrogen) atoms. The zero-order valence-electron chi connectivity index (χ0n) is 12.6. The third-order valence-corrected chi connectivity index (χ3v) is 4.13. The number of rotatable bonds is 3. The van der Waals surface area contributed by atoms with Crippen LogP contribution in [0.25, 0.3) is 11.4 Å². The van der Waals surface area contributed by atoms with E-state index in [-0.39, 0.29) is 0 Å². The number of aliphatic hydroxyl groups is 1. The molecule has 0 aliphatic carbocycles. The van der Waals surface area contributed by atoms with E-state index < -0.39 is 6.10 Å². The molecule has 2 aromatic heterocycles. The van der Waals surface area contributed by atoms with Crippen LogP contribution in [0.2, 0.25) is 5.15 Å². The van der Waals surface area contributed by atoms with Crippen LogP contribution in [0.1, 0.15) is 11.3 Å². The van der Waals surface area contributed by atoms with Gasteiger partial charge >= 0.3 is 0 Å². The zero-order chi connectivity index (χ0) is 15.7. The Balaban J connectivity index is 1.89. The number of hydrogen-bond donors (Lipinski definition) is 1. The minimum atomic E-state index is -0.490. The summed E-state index contributed by atoms with van der Waals surface area (Å²) in [6.07, 6.45) is -0.490. The second kappa shape index (κ2) is 6.37. The Morgan fingerprint density at radius 2 is 2.32 bits per heavy atom. The lowest BCUT2D eigenvalue weighted by atomic mass is 10.1. The van der Waals surface area contributed by atoms with Gasteiger partial charge in [0.05, 0.1) is 19.3 Å². The molecular weight excluding hydrogens is 308 g/mol. The molecule has 1 aliphatic heterocycles. The minimum Gasteiger partial charge on any atom is -0.389 e. The van der Waals surface area contributed by atoms with E-state index in [2.05, 4.69) is 15.2 Å². The van der Waals surface area contributed by atoms with Gasteiger partial charge in [0, 0.05) is 38.3 Å². The summed E-state index contributed by atoms with van der Waals surface area (Å²) in [7, 11) is 1.79. The van der Waals surface area contributed by atoms with Crippen LogP contribution in [0, 0.1) is 6.92 Å². The van der Waals surface area contributed by atoms with Gasteiger partial charge in [-0.05, 0) is 6.92 Å². The first-order valence-corrected chi connectivity index (χ1v) is 7.55. The first kappa shape index (κ1) is 15.5. The molecule has 0 saturated carbocycles. The first-order valence-electron chi connectivity index (χ1n) is 7.18. The molecule has 8 heteroatoms. The maximum atomic E-state index is 9.85. The SMILES string of the molecule is Cc1cc(-c2nn(C)c(Cl)c2CN2CCOC[C@@H](O)C2)no1. The molecule has 3 rings (SSSR count).